The molecule has 162 valence electrons. The second-order valence-electron chi connectivity index (χ2n) is 8.26. The molecule has 3 aromatic rings. The zero-order valence-electron chi connectivity index (χ0n) is 18.1. The van der Waals surface area contributed by atoms with Crippen LogP contribution in [0.25, 0.3) is 0 Å². The van der Waals surface area contributed by atoms with Crippen LogP contribution < -0.4 is 9.47 Å². The van der Waals surface area contributed by atoms with Gasteiger partial charge < -0.3 is 19.5 Å². The quantitative estimate of drug-likeness (QED) is 0.540. The molecule has 0 radical (unpaired) electrons. The fourth-order valence-electron chi connectivity index (χ4n) is 4.32. The van der Waals surface area contributed by atoms with E-state index >= 15 is 0 Å². The van der Waals surface area contributed by atoms with Crippen molar-refractivity contribution in [2.24, 2.45) is 0 Å². The first-order chi connectivity index (χ1) is 15.2. The number of benzene rings is 3. The molecule has 0 amide bonds. The Kier molecular flexibility index (Phi) is 7.23. The summed E-state index contributed by atoms with van der Waals surface area (Å²) in [6.07, 6.45) is 1.56. The van der Waals surface area contributed by atoms with Gasteiger partial charge in [0, 0.05) is 18.0 Å². The van der Waals surface area contributed by atoms with Crippen molar-refractivity contribution in [1.29, 1.82) is 0 Å². The molecule has 3 aromatic carbocycles. The SMILES string of the molecule is CN(CCCC1c2ccccc2COc2ccccc21)CC(O)COc1ccccc1. The lowest BCUT2D eigenvalue weighted by Crippen LogP contribution is -2.33. The number of rotatable bonds is 9. The molecule has 31 heavy (non-hydrogen) atoms. The third-order valence-corrected chi connectivity index (χ3v) is 5.85. The van der Waals surface area contributed by atoms with E-state index in [0.29, 0.717) is 25.7 Å². The summed E-state index contributed by atoms with van der Waals surface area (Å²) >= 11 is 0. The summed E-state index contributed by atoms with van der Waals surface area (Å²) in [6.45, 7) is 2.43. The van der Waals surface area contributed by atoms with E-state index < -0.39 is 6.10 Å². The number of likely N-dealkylation sites (N-methyl/N-ethyl adjacent to an activating group) is 1. The smallest absolute Gasteiger partial charge is 0.123 e. The topological polar surface area (TPSA) is 41.9 Å². The van der Waals surface area contributed by atoms with E-state index in [2.05, 4.69) is 54.4 Å². The third kappa shape index (κ3) is 5.66. The van der Waals surface area contributed by atoms with Crippen molar-refractivity contribution in [2.45, 2.75) is 31.5 Å². The Morgan fingerprint density at radius 3 is 2.52 bits per heavy atom. The lowest BCUT2D eigenvalue weighted by Gasteiger charge is -2.23. The van der Waals surface area contributed by atoms with E-state index in [1.165, 1.54) is 16.7 Å². The number of ether oxygens (including phenoxy) is 2. The summed E-state index contributed by atoms with van der Waals surface area (Å²) < 4.78 is 11.8. The lowest BCUT2D eigenvalue weighted by molar-refractivity contribution is 0.0758. The zero-order chi connectivity index (χ0) is 21.5. The summed E-state index contributed by atoms with van der Waals surface area (Å²) in [4.78, 5) is 2.18. The number of nitrogens with zero attached hydrogens (tertiary/aromatic N) is 1. The first-order valence-electron chi connectivity index (χ1n) is 11.0. The number of hydrogen-bond donors (Lipinski definition) is 1. The van der Waals surface area contributed by atoms with Gasteiger partial charge in [-0.3, -0.25) is 0 Å². The Labute approximate surface area is 185 Å². The van der Waals surface area contributed by atoms with Crippen molar-refractivity contribution in [3.8, 4) is 11.5 Å². The van der Waals surface area contributed by atoms with Crippen LogP contribution in [-0.4, -0.2) is 42.9 Å². The molecule has 0 bridgehead atoms. The Morgan fingerprint density at radius 1 is 0.968 bits per heavy atom. The minimum absolute atomic E-state index is 0.301. The van der Waals surface area contributed by atoms with E-state index in [0.717, 1.165) is 30.9 Å². The van der Waals surface area contributed by atoms with E-state index in [1.807, 2.05) is 36.4 Å². The minimum atomic E-state index is -0.516. The number of fused-ring (bicyclic) bond motifs is 2. The van der Waals surface area contributed by atoms with Gasteiger partial charge in [0.25, 0.3) is 0 Å². The number of hydrogen-bond acceptors (Lipinski definition) is 4. The molecule has 1 aliphatic rings. The predicted octanol–water partition coefficient (Wildman–Crippen LogP) is 4.86. The monoisotopic (exact) mass is 417 g/mol. The molecule has 0 aliphatic carbocycles. The Bertz CT molecular complexity index is 912. The van der Waals surface area contributed by atoms with Gasteiger partial charge >= 0.3 is 0 Å². The Hall–Kier alpha value is -2.82. The van der Waals surface area contributed by atoms with Crippen molar-refractivity contribution in [3.05, 3.63) is 95.6 Å². The van der Waals surface area contributed by atoms with Gasteiger partial charge in [-0.15, -0.1) is 0 Å². The van der Waals surface area contributed by atoms with Gasteiger partial charge in [0.2, 0.25) is 0 Å². The summed E-state index contributed by atoms with van der Waals surface area (Å²) in [7, 11) is 2.06. The fraction of sp³-hybridized carbons (Fsp3) is 0.333. The average molecular weight is 418 g/mol. The van der Waals surface area contributed by atoms with Crippen LogP contribution in [0, 0.1) is 0 Å². The molecule has 4 heteroatoms. The van der Waals surface area contributed by atoms with Crippen LogP contribution in [0.5, 0.6) is 11.5 Å². The molecular formula is C27H31NO3. The standard InChI is InChI=1S/C27H31NO3/c1-28(18-22(29)20-30-23-11-3-2-4-12-23)17-9-15-25-24-13-6-5-10-21(24)19-31-27-16-8-7-14-26(25)27/h2-8,10-14,16,22,25,29H,9,15,17-20H2,1H3. The average Bonchev–Trinajstić information content (AvgIpc) is 2.96. The summed E-state index contributed by atoms with van der Waals surface area (Å²) in [5.41, 5.74) is 3.91. The molecule has 4 nitrogen and oxygen atoms in total. The zero-order valence-corrected chi connectivity index (χ0v) is 18.1. The Balaban J connectivity index is 1.32. The van der Waals surface area contributed by atoms with Crippen LogP contribution in [0.4, 0.5) is 0 Å². The molecule has 0 fully saturated rings. The third-order valence-electron chi connectivity index (χ3n) is 5.85. The first-order valence-corrected chi connectivity index (χ1v) is 11.0. The van der Waals surface area contributed by atoms with Crippen LogP contribution in [0.3, 0.4) is 0 Å². The highest BCUT2D eigenvalue weighted by Crippen LogP contribution is 2.39. The molecule has 0 aromatic heterocycles. The number of aliphatic hydroxyl groups excluding tert-OH is 1. The second kappa shape index (κ2) is 10.5. The van der Waals surface area contributed by atoms with Crippen LogP contribution >= 0.6 is 0 Å². The molecule has 2 atom stereocenters. The van der Waals surface area contributed by atoms with E-state index in [9.17, 15) is 5.11 Å². The summed E-state index contributed by atoms with van der Waals surface area (Å²) in [6, 6.07) is 26.6. The van der Waals surface area contributed by atoms with E-state index in [-0.39, 0.29) is 0 Å². The maximum Gasteiger partial charge on any atom is 0.123 e. The summed E-state index contributed by atoms with van der Waals surface area (Å²) in [5, 5.41) is 10.3. The van der Waals surface area contributed by atoms with Gasteiger partial charge in [0.15, 0.2) is 0 Å². The largest absolute Gasteiger partial charge is 0.491 e. The van der Waals surface area contributed by atoms with Crippen molar-refractivity contribution in [2.75, 3.05) is 26.7 Å². The minimum Gasteiger partial charge on any atom is -0.491 e. The van der Waals surface area contributed by atoms with E-state index in [4.69, 9.17) is 9.47 Å². The molecular weight excluding hydrogens is 386 g/mol. The second-order valence-corrected chi connectivity index (χ2v) is 8.26. The van der Waals surface area contributed by atoms with Gasteiger partial charge in [-0.05, 0) is 55.8 Å². The van der Waals surface area contributed by atoms with Crippen LogP contribution in [0.1, 0.15) is 35.4 Å². The molecule has 0 saturated carbocycles. The maximum atomic E-state index is 10.3. The van der Waals surface area contributed by atoms with Crippen LogP contribution in [0.2, 0.25) is 0 Å². The molecule has 0 saturated heterocycles. The summed E-state index contributed by atoms with van der Waals surface area (Å²) in [5.74, 6) is 2.11. The maximum absolute atomic E-state index is 10.3. The normalized spacial score (nSPS) is 16.0. The fourth-order valence-corrected chi connectivity index (χ4v) is 4.32. The molecule has 4 rings (SSSR count). The number of aliphatic hydroxyl groups is 1. The molecule has 2 unspecified atom stereocenters. The predicted molar refractivity (Wildman–Crippen MR) is 124 cm³/mol. The van der Waals surface area contributed by atoms with E-state index in [1.54, 1.807) is 0 Å². The van der Waals surface area contributed by atoms with Crippen molar-refractivity contribution in [3.63, 3.8) is 0 Å². The Morgan fingerprint density at radius 2 is 1.68 bits per heavy atom. The molecule has 1 N–H and O–H groups in total. The van der Waals surface area contributed by atoms with Gasteiger partial charge in [-0.2, -0.15) is 0 Å². The molecule has 1 heterocycles. The van der Waals surface area contributed by atoms with Gasteiger partial charge in [-0.1, -0.05) is 60.7 Å². The highest BCUT2D eigenvalue weighted by molar-refractivity contribution is 5.46. The van der Waals surface area contributed by atoms with Crippen LogP contribution in [-0.2, 0) is 6.61 Å². The van der Waals surface area contributed by atoms with Gasteiger partial charge in [0.05, 0.1) is 0 Å². The molecule has 1 aliphatic heterocycles. The number of para-hydroxylation sites is 2. The van der Waals surface area contributed by atoms with Gasteiger partial charge in [0.1, 0.15) is 30.8 Å². The molecule has 0 spiro atoms. The van der Waals surface area contributed by atoms with Crippen molar-refractivity contribution in [1.82, 2.24) is 4.90 Å². The highest BCUT2D eigenvalue weighted by atomic mass is 16.5. The van der Waals surface area contributed by atoms with Crippen LogP contribution in [0.15, 0.2) is 78.9 Å². The van der Waals surface area contributed by atoms with Gasteiger partial charge in [-0.25, -0.2) is 0 Å². The highest BCUT2D eigenvalue weighted by Gasteiger charge is 2.24. The van der Waals surface area contributed by atoms with Crippen molar-refractivity contribution < 1.29 is 14.6 Å². The van der Waals surface area contributed by atoms with Crippen molar-refractivity contribution >= 4 is 0 Å². The lowest BCUT2D eigenvalue weighted by atomic mass is 9.85. The first kappa shape index (κ1) is 21.4.